The van der Waals surface area contributed by atoms with Crippen molar-refractivity contribution in [2.24, 2.45) is 0 Å². The lowest BCUT2D eigenvalue weighted by Gasteiger charge is -2.18. The number of nitrogens with one attached hydrogen (secondary N) is 2. The molecule has 4 rings (SSSR count). The fourth-order valence-corrected chi connectivity index (χ4v) is 3.50. The monoisotopic (exact) mass is 360 g/mol. The van der Waals surface area contributed by atoms with E-state index >= 15 is 0 Å². The van der Waals surface area contributed by atoms with Crippen molar-refractivity contribution in [2.75, 3.05) is 35.2 Å². The van der Waals surface area contributed by atoms with E-state index in [-0.39, 0.29) is 5.91 Å². The summed E-state index contributed by atoms with van der Waals surface area (Å²) < 4.78 is 0. The van der Waals surface area contributed by atoms with E-state index in [1.54, 1.807) is 6.20 Å². The van der Waals surface area contributed by atoms with Gasteiger partial charge in [0.2, 0.25) is 5.91 Å². The van der Waals surface area contributed by atoms with E-state index in [1.165, 1.54) is 18.5 Å². The maximum Gasteiger partial charge on any atom is 0.226 e. The van der Waals surface area contributed by atoms with Crippen LogP contribution in [-0.4, -0.2) is 30.5 Å². The van der Waals surface area contributed by atoms with Crippen molar-refractivity contribution in [3.8, 4) is 0 Å². The van der Waals surface area contributed by atoms with E-state index in [2.05, 4.69) is 44.8 Å². The van der Waals surface area contributed by atoms with Gasteiger partial charge in [-0.3, -0.25) is 9.78 Å². The summed E-state index contributed by atoms with van der Waals surface area (Å²) >= 11 is 0. The Morgan fingerprint density at radius 1 is 1.00 bits per heavy atom. The first-order valence-electron chi connectivity index (χ1n) is 9.52. The van der Waals surface area contributed by atoms with Crippen LogP contribution >= 0.6 is 0 Å². The number of hydrogen-bond acceptors (Lipinski definition) is 4. The molecule has 1 saturated heterocycles. The van der Waals surface area contributed by atoms with Crippen LogP contribution in [0.5, 0.6) is 0 Å². The summed E-state index contributed by atoms with van der Waals surface area (Å²) in [7, 11) is 0. The molecule has 1 aliphatic heterocycles. The lowest BCUT2D eigenvalue weighted by atomic mass is 10.2. The molecule has 0 saturated carbocycles. The SMILES string of the molecule is O=C(CCNc1ccc(N2CCCC2)cc1)Nc1cccc2cccnc12. The fraction of sp³-hybridized carbons (Fsp3) is 0.273. The summed E-state index contributed by atoms with van der Waals surface area (Å²) in [5, 5.41) is 7.31. The molecule has 0 bridgehead atoms. The number of rotatable bonds is 6. The molecule has 0 radical (unpaired) electrons. The van der Waals surface area contributed by atoms with Crippen LogP contribution in [0.4, 0.5) is 17.1 Å². The number of carbonyl (C=O) groups excluding carboxylic acids is 1. The van der Waals surface area contributed by atoms with E-state index in [0.717, 1.165) is 35.4 Å². The molecule has 0 atom stereocenters. The molecule has 1 amide bonds. The van der Waals surface area contributed by atoms with Crippen LogP contribution in [0.2, 0.25) is 0 Å². The molecule has 0 unspecified atom stereocenters. The molecule has 1 aliphatic rings. The Kier molecular flexibility index (Phi) is 5.19. The van der Waals surface area contributed by atoms with Gasteiger partial charge in [0.1, 0.15) is 0 Å². The van der Waals surface area contributed by atoms with Crippen LogP contribution in [0.3, 0.4) is 0 Å². The fourth-order valence-electron chi connectivity index (χ4n) is 3.50. The molecule has 138 valence electrons. The number of benzene rings is 2. The van der Waals surface area contributed by atoms with Crippen LogP contribution < -0.4 is 15.5 Å². The van der Waals surface area contributed by atoms with E-state index in [0.29, 0.717) is 13.0 Å². The van der Waals surface area contributed by atoms with Crippen molar-refractivity contribution < 1.29 is 4.79 Å². The smallest absolute Gasteiger partial charge is 0.226 e. The van der Waals surface area contributed by atoms with Crippen LogP contribution in [0.25, 0.3) is 10.9 Å². The molecule has 27 heavy (non-hydrogen) atoms. The molecular formula is C22H24N4O. The standard InChI is InChI=1S/C22H24N4O/c27-21(25-20-7-3-5-17-6-4-13-24-22(17)20)12-14-23-18-8-10-19(11-9-18)26-15-1-2-16-26/h3-11,13,23H,1-2,12,14-16H2,(H,25,27). The summed E-state index contributed by atoms with van der Waals surface area (Å²) in [6.45, 7) is 2.89. The molecule has 0 spiro atoms. The highest BCUT2D eigenvalue weighted by Crippen LogP contribution is 2.22. The maximum absolute atomic E-state index is 12.3. The molecule has 0 aliphatic carbocycles. The minimum absolute atomic E-state index is 0.0191. The Hall–Kier alpha value is -3.08. The van der Waals surface area contributed by atoms with Gasteiger partial charge < -0.3 is 15.5 Å². The van der Waals surface area contributed by atoms with E-state index < -0.39 is 0 Å². The van der Waals surface area contributed by atoms with Crippen LogP contribution in [0.15, 0.2) is 60.8 Å². The van der Waals surface area contributed by atoms with Gasteiger partial charge >= 0.3 is 0 Å². The summed E-state index contributed by atoms with van der Waals surface area (Å²) in [6, 6.07) is 18.2. The number of pyridine rings is 1. The summed E-state index contributed by atoms with van der Waals surface area (Å²) in [6.07, 6.45) is 4.70. The molecule has 5 heteroatoms. The molecule has 2 aromatic carbocycles. The maximum atomic E-state index is 12.3. The third-order valence-corrected chi connectivity index (χ3v) is 4.93. The molecule has 1 aromatic heterocycles. The van der Waals surface area contributed by atoms with Crippen LogP contribution in [0, 0.1) is 0 Å². The van der Waals surface area contributed by atoms with Gasteiger partial charge in [0.05, 0.1) is 11.2 Å². The van der Waals surface area contributed by atoms with Gasteiger partial charge in [-0.15, -0.1) is 0 Å². The van der Waals surface area contributed by atoms with Crippen molar-refractivity contribution in [1.29, 1.82) is 0 Å². The molecule has 5 nitrogen and oxygen atoms in total. The van der Waals surface area contributed by atoms with Crippen molar-refractivity contribution in [1.82, 2.24) is 4.98 Å². The van der Waals surface area contributed by atoms with Gasteiger partial charge in [0, 0.05) is 49.0 Å². The largest absolute Gasteiger partial charge is 0.385 e. The zero-order valence-electron chi connectivity index (χ0n) is 15.3. The van der Waals surface area contributed by atoms with Crippen LogP contribution in [0.1, 0.15) is 19.3 Å². The Morgan fingerprint density at radius 2 is 1.78 bits per heavy atom. The minimum atomic E-state index is -0.0191. The number of para-hydroxylation sites is 1. The lowest BCUT2D eigenvalue weighted by molar-refractivity contribution is -0.115. The highest BCUT2D eigenvalue weighted by atomic mass is 16.1. The second-order valence-electron chi connectivity index (χ2n) is 6.85. The number of fused-ring (bicyclic) bond motifs is 1. The first kappa shape index (κ1) is 17.3. The predicted molar refractivity (Wildman–Crippen MR) is 111 cm³/mol. The second kappa shape index (κ2) is 8.08. The van der Waals surface area contributed by atoms with Crippen molar-refractivity contribution in [3.05, 3.63) is 60.8 Å². The Labute approximate surface area is 159 Å². The van der Waals surface area contributed by atoms with Gasteiger partial charge in [-0.1, -0.05) is 18.2 Å². The highest BCUT2D eigenvalue weighted by molar-refractivity contribution is 6.00. The van der Waals surface area contributed by atoms with Gasteiger partial charge in [-0.25, -0.2) is 0 Å². The molecule has 2 heterocycles. The third kappa shape index (κ3) is 4.19. The first-order valence-corrected chi connectivity index (χ1v) is 9.52. The lowest BCUT2D eigenvalue weighted by Crippen LogP contribution is -2.18. The number of anilines is 3. The zero-order valence-corrected chi connectivity index (χ0v) is 15.3. The van der Waals surface area contributed by atoms with Crippen molar-refractivity contribution in [3.63, 3.8) is 0 Å². The normalized spacial score (nSPS) is 13.7. The van der Waals surface area contributed by atoms with Gasteiger partial charge in [0.15, 0.2) is 0 Å². The Bertz CT molecular complexity index is 912. The number of nitrogens with zero attached hydrogens (tertiary/aromatic N) is 2. The average Bonchev–Trinajstić information content (AvgIpc) is 3.24. The summed E-state index contributed by atoms with van der Waals surface area (Å²) in [4.78, 5) is 19.1. The molecular weight excluding hydrogens is 336 g/mol. The van der Waals surface area contributed by atoms with Crippen molar-refractivity contribution in [2.45, 2.75) is 19.3 Å². The number of aromatic nitrogens is 1. The number of hydrogen-bond donors (Lipinski definition) is 2. The highest BCUT2D eigenvalue weighted by Gasteiger charge is 2.11. The zero-order chi connectivity index (χ0) is 18.5. The number of carbonyl (C=O) groups is 1. The second-order valence-corrected chi connectivity index (χ2v) is 6.85. The van der Waals surface area contributed by atoms with E-state index in [4.69, 9.17) is 0 Å². The van der Waals surface area contributed by atoms with Crippen LogP contribution in [-0.2, 0) is 4.79 Å². The van der Waals surface area contributed by atoms with Crippen molar-refractivity contribution >= 4 is 33.9 Å². The molecule has 3 aromatic rings. The Balaban J connectivity index is 1.29. The third-order valence-electron chi connectivity index (χ3n) is 4.93. The predicted octanol–water partition coefficient (Wildman–Crippen LogP) is 4.28. The first-order chi connectivity index (χ1) is 13.3. The summed E-state index contributed by atoms with van der Waals surface area (Å²) in [5.41, 5.74) is 3.89. The van der Waals surface area contributed by atoms with E-state index in [9.17, 15) is 4.79 Å². The van der Waals surface area contributed by atoms with E-state index in [1.807, 2.05) is 30.3 Å². The quantitative estimate of drug-likeness (QED) is 0.689. The number of amides is 1. The average molecular weight is 360 g/mol. The van der Waals surface area contributed by atoms with Gasteiger partial charge in [0.25, 0.3) is 0 Å². The van der Waals surface area contributed by atoms with Gasteiger partial charge in [-0.2, -0.15) is 0 Å². The summed E-state index contributed by atoms with van der Waals surface area (Å²) in [5.74, 6) is -0.0191. The Morgan fingerprint density at radius 3 is 2.59 bits per heavy atom. The topological polar surface area (TPSA) is 57.3 Å². The van der Waals surface area contributed by atoms with Gasteiger partial charge in [-0.05, 0) is 49.2 Å². The molecule has 1 fully saturated rings. The molecule has 2 N–H and O–H groups in total. The minimum Gasteiger partial charge on any atom is -0.385 e.